The minimum Gasteiger partial charge on any atom is -0.0610 e. The normalized spacial score (nSPS) is 12.0. The summed E-state index contributed by atoms with van der Waals surface area (Å²) in [7, 11) is 0. The molecule has 0 unspecified atom stereocenters. The van der Waals surface area contributed by atoms with Crippen molar-refractivity contribution >= 4 is 37.5 Å². The largest absolute Gasteiger partial charge is 0.0610 e. The predicted molar refractivity (Wildman–Crippen MR) is 93.6 cm³/mol. The Morgan fingerprint density at radius 2 is 1.19 bits per heavy atom. The molecule has 0 N–H and O–H groups in total. The Bertz CT molecular complexity index is 1040. The van der Waals surface area contributed by atoms with Gasteiger partial charge in [0, 0.05) is 4.47 Å². The first-order chi connectivity index (χ1) is 10.3. The first-order valence-electron chi connectivity index (χ1n) is 7.07. The number of rotatable bonds is 0. The Morgan fingerprint density at radius 1 is 0.524 bits per heavy atom. The minimum absolute atomic E-state index is 1.13. The van der Waals surface area contributed by atoms with E-state index in [0.29, 0.717) is 0 Å². The number of fused-ring (bicyclic) bond motifs is 4. The van der Waals surface area contributed by atoms with E-state index in [1.54, 1.807) is 0 Å². The van der Waals surface area contributed by atoms with Gasteiger partial charge < -0.3 is 0 Å². The van der Waals surface area contributed by atoms with Gasteiger partial charge in [0.25, 0.3) is 0 Å². The molecule has 0 nitrogen and oxygen atoms in total. The van der Waals surface area contributed by atoms with Crippen LogP contribution in [0.25, 0.3) is 43.8 Å². The smallest absolute Gasteiger partial charge is 0.0181 e. The Balaban J connectivity index is 1.98. The first-order valence-corrected chi connectivity index (χ1v) is 7.86. The van der Waals surface area contributed by atoms with Crippen molar-refractivity contribution in [3.8, 4) is 22.3 Å². The zero-order valence-electron chi connectivity index (χ0n) is 11.2. The molecule has 0 heterocycles. The fourth-order valence-corrected chi connectivity index (χ4v) is 3.88. The van der Waals surface area contributed by atoms with Crippen LogP contribution in [-0.4, -0.2) is 0 Å². The number of hydrogen-bond acceptors (Lipinski definition) is 0. The quantitative estimate of drug-likeness (QED) is 0.308. The lowest BCUT2D eigenvalue weighted by atomic mass is 9.99. The van der Waals surface area contributed by atoms with Crippen molar-refractivity contribution in [1.29, 1.82) is 0 Å². The van der Waals surface area contributed by atoms with E-state index in [9.17, 15) is 0 Å². The zero-order valence-corrected chi connectivity index (χ0v) is 12.8. The van der Waals surface area contributed by atoms with Gasteiger partial charge in [-0.15, -0.1) is 0 Å². The van der Waals surface area contributed by atoms with Crippen LogP contribution in [0.4, 0.5) is 0 Å². The van der Waals surface area contributed by atoms with Gasteiger partial charge in [0.1, 0.15) is 0 Å². The summed E-state index contributed by atoms with van der Waals surface area (Å²) in [6, 6.07) is 24.3. The number of hydrogen-bond donors (Lipinski definition) is 0. The van der Waals surface area contributed by atoms with Gasteiger partial charge >= 0.3 is 0 Å². The molecule has 5 rings (SSSR count). The van der Waals surface area contributed by atoms with Crippen LogP contribution in [0.3, 0.4) is 0 Å². The van der Waals surface area contributed by atoms with Crippen LogP contribution < -0.4 is 0 Å². The van der Waals surface area contributed by atoms with Gasteiger partial charge in [-0.3, -0.25) is 0 Å². The topological polar surface area (TPSA) is 0 Å². The zero-order chi connectivity index (χ0) is 14.0. The van der Waals surface area contributed by atoms with E-state index in [-0.39, 0.29) is 0 Å². The van der Waals surface area contributed by atoms with E-state index in [2.05, 4.69) is 82.7 Å². The number of halogens is 1. The molecule has 1 aliphatic carbocycles. The highest BCUT2D eigenvalue weighted by Crippen LogP contribution is 2.48. The van der Waals surface area contributed by atoms with Crippen LogP contribution in [0.2, 0.25) is 0 Å². The van der Waals surface area contributed by atoms with E-state index in [4.69, 9.17) is 0 Å². The highest BCUT2D eigenvalue weighted by Gasteiger charge is 2.21. The fourth-order valence-electron chi connectivity index (χ4n) is 3.50. The Kier molecular flexibility index (Phi) is 2.17. The maximum absolute atomic E-state index is 3.57. The summed E-state index contributed by atoms with van der Waals surface area (Å²) in [6.07, 6.45) is 0. The van der Waals surface area contributed by atoms with E-state index >= 15 is 0 Å². The van der Waals surface area contributed by atoms with Crippen LogP contribution >= 0.6 is 15.9 Å². The molecule has 0 fully saturated rings. The van der Waals surface area contributed by atoms with Crippen molar-refractivity contribution in [2.24, 2.45) is 0 Å². The molecular formula is C20H11Br. The molecule has 4 aromatic carbocycles. The summed E-state index contributed by atoms with van der Waals surface area (Å²) < 4.78 is 1.13. The van der Waals surface area contributed by atoms with Gasteiger partial charge in [-0.05, 0) is 68.1 Å². The third-order valence-corrected chi connectivity index (χ3v) is 4.92. The third kappa shape index (κ3) is 1.50. The van der Waals surface area contributed by atoms with Crippen molar-refractivity contribution in [1.82, 2.24) is 0 Å². The van der Waals surface area contributed by atoms with E-state index in [0.717, 1.165) is 4.47 Å². The SMILES string of the molecule is Brc1ccc2cc3c(cc2c1)-c1cccc2cccc-3c12. The van der Waals surface area contributed by atoms with Gasteiger partial charge in [-0.25, -0.2) is 0 Å². The second kappa shape index (κ2) is 3.96. The van der Waals surface area contributed by atoms with Gasteiger partial charge in [-0.1, -0.05) is 58.4 Å². The Morgan fingerprint density at radius 3 is 1.90 bits per heavy atom. The molecule has 0 saturated carbocycles. The van der Waals surface area contributed by atoms with Crippen LogP contribution in [0.1, 0.15) is 0 Å². The van der Waals surface area contributed by atoms with Crippen LogP contribution in [0, 0.1) is 0 Å². The molecule has 21 heavy (non-hydrogen) atoms. The summed E-state index contributed by atoms with van der Waals surface area (Å²) in [5, 5.41) is 5.30. The van der Waals surface area contributed by atoms with Crippen molar-refractivity contribution in [2.45, 2.75) is 0 Å². The third-order valence-electron chi connectivity index (χ3n) is 4.42. The molecule has 1 aliphatic rings. The van der Waals surface area contributed by atoms with Gasteiger partial charge in [0.2, 0.25) is 0 Å². The molecule has 0 aliphatic heterocycles. The fraction of sp³-hybridized carbons (Fsp3) is 0. The van der Waals surface area contributed by atoms with E-state index in [1.807, 2.05) is 0 Å². The summed E-state index contributed by atoms with van der Waals surface area (Å²) in [5.74, 6) is 0. The van der Waals surface area contributed by atoms with Crippen LogP contribution in [0.15, 0.2) is 71.2 Å². The first kappa shape index (κ1) is 11.5. The van der Waals surface area contributed by atoms with Crippen molar-refractivity contribution in [2.75, 3.05) is 0 Å². The molecule has 0 amide bonds. The standard InChI is InChI=1S/C20H11Br/c21-15-8-7-13-10-18-16-5-1-3-12-4-2-6-17(20(12)16)19(18)11-14(13)9-15/h1-11H. The Hall–Kier alpha value is -2.12. The molecule has 4 aromatic rings. The lowest BCUT2D eigenvalue weighted by Gasteiger charge is -2.06. The van der Waals surface area contributed by atoms with Crippen LogP contribution in [-0.2, 0) is 0 Å². The van der Waals surface area contributed by atoms with Crippen molar-refractivity contribution in [3.63, 3.8) is 0 Å². The maximum atomic E-state index is 3.57. The molecule has 0 spiro atoms. The number of benzene rings is 4. The summed E-state index contributed by atoms with van der Waals surface area (Å²) in [5.41, 5.74) is 5.44. The second-order valence-electron chi connectivity index (χ2n) is 5.60. The molecule has 1 heteroatoms. The lowest BCUT2D eigenvalue weighted by Crippen LogP contribution is -1.79. The molecule has 0 bridgehead atoms. The second-order valence-corrected chi connectivity index (χ2v) is 6.51. The summed E-state index contributed by atoms with van der Waals surface area (Å²) >= 11 is 3.57. The molecule has 0 saturated heterocycles. The van der Waals surface area contributed by atoms with Gasteiger partial charge in [-0.2, -0.15) is 0 Å². The maximum Gasteiger partial charge on any atom is 0.0181 e. The predicted octanol–water partition coefficient (Wildman–Crippen LogP) is 6.40. The van der Waals surface area contributed by atoms with E-state index < -0.39 is 0 Å². The monoisotopic (exact) mass is 330 g/mol. The average Bonchev–Trinajstić information content (AvgIpc) is 2.82. The van der Waals surface area contributed by atoms with Crippen molar-refractivity contribution < 1.29 is 0 Å². The van der Waals surface area contributed by atoms with Crippen LogP contribution in [0.5, 0.6) is 0 Å². The summed E-state index contributed by atoms with van der Waals surface area (Å²) in [6.45, 7) is 0. The highest BCUT2D eigenvalue weighted by atomic mass is 79.9. The molecule has 0 atom stereocenters. The van der Waals surface area contributed by atoms with E-state index in [1.165, 1.54) is 43.8 Å². The van der Waals surface area contributed by atoms with Crippen molar-refractivity contribution in [3.05, 3.63) is 71.2 Å². The minimum atomic E-state index is 1.13. The molecule has 0 radical (unpaired) electrons. The lowest BCUT2D eigenvalue weighted by molar-refractivity contribution is 1.69. The molecule has 98 valence electrons. The average molecular weight is 331 g/mol. The Labute approximate surface area is 131 Å². The summed E-state index contributed by atoms with van der Waals surface area (Å²) in [4.78, 5) is 0. The van der Waals surface area contributed by atoms with Gasteiger partial charge in [0.05, 0.1) is 0 Å². The molecule has 0 aromatic heterocycles. The van der Waals surface area contributed by atoms with Gasteiger partial charge in [0.15, 0.2) is 0 Å². The highest BCUT2D eigenvalue weighted by molar-refractivity contribution is 9.10. The molecular weight excluding hydrogens is 320 g/mol.